The number of esters is 1. The monoisotopic (exact) mass is 390 g/mol. The number of rotatable bonds is 7. The molecule has 0 saturated carbocycles. The molecule has 7 nitrogen and oxygen atoms in total. The van der Waals surface area contributed by atoms with Crippen LogP contribution in [-0.2, 0) is 14.8 Å². The van der Waals surface area contributed by atoms with Crippen molar-refractivity contribution in [3.8, 4) is 0 Å². The predicted octanol–water partition coefficient (Wildman–Crippen LogP) is 2.80. The molecule has 0 heterocycles. The molecular weight excluding hydrogens is 368 g/mol. The molecule has 0 fully saturated rings. The van der Waals surface area contributed by atoms with E-state index in [1.165, 1.54) is 37.4 Å². The van der Waals surface area contributed by atoms with E-state index in [9.17, 15) is 18.0 Å². The van der Waals surface area contributed by atoms with E-state index in [1.807, 2.05) is 13.8 Å². The molecule has 0 bridgehead atoms. The van der Waals surface area contributed by atoms with Crippen molar-refractivity contribution in [3.05, 3.63) is 59.7 Å². The second kappa shape index (κ2) is 8.68. The fourth-order valence-electron chi connectivity index (χ4n) is 2.28. The number of benzene rings is 2. The van der Waals surface area contributed by atoms with Gasteiger partial charge in [0.15, 0.2) is 0 Å². The fourth-order valence-corrected chi connectivity index (χ4v) is 3.40. The number of nitrogens with one attached hydrogen (secondary N) is 2. The zero-order valence-electron chi connectivity index (χ0n) is 15.4. The summed E-state index contributed by atoms with van der Waals surface area (Å²) >= 11 is 0. The SMILES string of the molecule is CCC(C)NC(=O)c1cccc(S(=O)(=O)Nc2ccccc2C(=O)OC)c1. The molecule has 2 aromatic carbocycles. The number of hydrogen-bond acceptors (Lipinski definition) is 5. The summed E-state index contributed by atoms with van der Waals surface area (Å²) in [6, 6.07) is 11.8. The minimum atomic E-state index is -4.01. The molecule has 2 rings (SSSR count). The maximum absolute atomic E-state index is 12.7. The van der Waals surface area contributed by atoms with Crippen LogP contribution in [0.3, 0.4) is 0 Å². The van der Waals surface area contributed by atoms with Gasteiger partial charge in [0.25, 0.3) is 15.9 Å². The van der Waals surface area contributed by atoms with Gasteiger partial charge in [-0.1, -0.05) is 25.1 Å². The first-order chi connectivity index (χ1) is 12.8. The average molecular weight is 390 g/mol. The Morgan fingerprint density at radius 3 is 2.48 bits per heavy atom. The van der Waals surface area contributed by atoms with Gasteiger partial charge in [0, 0.05) is 11.6 Å². The first-order valence-electron chi connectivity index (χ1n) is 8.39. The predicted molar refractivity (Wildman–Crippen MR) is 102 cm³/mol. The van der Waals surface area contributed by atoms with Crippen LogP contribution in [0.4, 0.5) is 5.69 Å². The van der Waals surface area contributed by atoms with Gasteiger partial charge in [-0.05, 0) is 43.7 Å². The molecule has 8 heteroatoms. The molecular formula is C19H22N2O5S. The summed E-state index contributed by atoms with van der Waals surface area (Å²) in [7, 11) is -2.79. The fraction of sp³-hybridized carbons (Fsp3) is 0.263. The zero-order chi connectivity index (χ0) is 20.0. The van der Waals surface area contributed by atoms with Crippen molar-refractivity contribution in [2.45, 2.75) is 31.2 Å². The van der Waals surface area contributed by atoms with Crippen molar-refractivity contribution in [1.82, 2.24) is 5.32 Å². The molecule has 1 atom stereocenters. The van der Waals surface area contributed by atoms with Crippen molar-refractivity contribution in [2.24, 2.45) is 0 Å². The lowest BCUT2D eigenvalue weighted by Gasteiger charge is -2.13. The second-order valence-corrected chi connectivity index (χ2v) is 7.64. The Hall–Kier alpha value is -2.87. The number of amides is 1. The van der Waals surface area contributed by atoms with E-state index in [2.05, 4.69) is 14.8 Å². The molecule has 27 heavy (non-hydrogen) atoms. The van der Waals surface area contributed by atoms with Crippen molar-refractivity contribution >= 4 is 27.6 Å². The van der Waals surface area contributed by atoms with Crippen LogP contribution in [-0.4, -0.2) is 33.4 Å². The number of carbonyl (C=O) groups is 2. The van der Waals surface area contributed by atoms with Crippen LogP contribution in [0.25, 0.3) is 0 Å². The Kier molecular flexibility index (Phi) is 6.57. The van der Waals surface area contributed by atoms with Crippen LogP contribution >= 0.6 is 0 Å². The molecule has 144 valence electrons. The third kappa shape index (κ3) is 5.07. The minimum Gasteiger partial charge on any atom is -0.465 e. The van der Waals surface area contributed by atoms with Crippen molar-refractivity contribution in [2.75, 3.05) is 11.8 Å². The van der Waals surface area contributed by atoms with Gasteiger partial charge in [-0.25, -0.2) is 13.2 Å². The van der Waals surface area contributed by atoms with Gasteiger partial charge in [0.2, 0.25) is 0 Å². The smallest absolute Gasteiger partial charge is 0.339 e. The number of carbonyl (C=O) groups excluding carboxylic acids is 2. The first-order valence-corrected chi connectivity index (χ1v) is 9.88. The molecule has 2 aromatic rings. The maximum Gasteiger partial charge on any atom is 0.339 e. The van der Waals surface area contributed by atoms with Gasteiger partial charge in [0.05, 0.1) is 23.3 Å². The van der Waals surface area contributed by atoms with Crippen LogP contribution in [0.5, 0.6) is 0 Å². The molecule has 1 amide bonds. The highest BCUT2D eigenvalue weighted by Gasteiger charge is 2.20. The quantitative estimate of drug-likeness (QED) is 0.708. The Labute approximate surface area is 158 Å². The minimum absolute atomic E-state index is 0.0252. The standard InChI is InChI=1S/C19H22N2O5S/c1-4-13(2)20-18(22)14-8-7-9-15(12-14)27(24,25)21-17-11-6-5-10-16(17)19(23)26-3/h5-13,21H,4H2,1-3H3,(H,20,22). The van der Waals surface area contributed by atoms with E-state index in [4.69, 9.17) is 0 Å². The molecule has 0 radical (unpaired) electrons. The summed E-state index contributed by atoms with van der Waals surface area (Å²) in [5.74, 6) is -1.01. The Balaban J connectivity index is 2.32. The number of anilines is 1. The molecule has 0 spiro atoms. The first kappa shape index (κ1) is 20.4. The normalized spacial score (nSPS) is 12.1. The maximum atomic E-state index is 12.7. The third-order valence-corrected chi connectivity index (χ3v) is 5.34. The lowest BCUT2D eigenvalue weighted by Crippen LogP contribution is -2.32. The van der Waals surface area contributed by atoms with E-state index in [-0.39, 0.29) is 33.7 Å². The highest BCUT2D eigenvalue weighted by molar-refractivity contribution is 7.92. The van der Waals surface area contributed by atoms with Crippen molar-refractivity contribution in [1.29, 1.82) is 0 Å². The third-order valence-electron chi connectivity index (χ3n) is 3.97. The van der Waals surface area contributed by atoms with Crippen LogP contribution in [0, 0.1) is 0 Å². The lowest BCUT2D eigenvalue weighted by atomic mass is 10.2. The summed E-state index contributed by atoms with van der Waals surface area (Å²) in [4.78, 5) is 24.0. The van der Waals surface area contributed by atoms with E-state index in [0.717, 1.165) is 6.42 Å². The topological polar surface area (TPSA) is 102 Å². The molecule has 0 aliphatic carbocycles. The van der Waals surface area contributed by atoms with E-state index >= 15 is 0 Å². The van der Waals surface area contributed by atoms with Crippen molar-refractivity contribution < 1.29 is 22.7 Å². The molecule has 0 saturated heterocycles. The zero-order valence-corrected chi connectivity index (χ0v) is 16.2. The number of sulfonamides is 1. The summed E-state index contributed by atoms with van der Waals surface area (Å²) in [6.45, 7) is 3.80. The molecule has 0 aliphatic rings. The lowest BCUT2D eigenvalue weighted by molar-refractivity contribution is 0.0601. The summed E-state index contributed by atoms with van der Waals surface area (Å²) in [6.07, 6.45) is 0.760. The highest BCUT2D eigenvalue weighted by Crippen LogP contribution is 2.21. The second-order valence-electron chi connectivity index (χ2n) is 5.95. The largest absolute Gasteiger partial charge is 0.465 e. The van der Waals surface area contributed by atoms with Crippen LogP contribution in [0.2, 0.25) is 0 Å². The van der Waals surface area contributed by atoms with Crippen LogP contribution in [0.1, 0.15) is 41.0 Å². The van der Waals surface area contributed by atoms with E-state index in [0.29, 0.717) is 0 Å². The van der Waals surface area contributed by atoms with Crippen LogP contribution in [0.15, 0.2) is 53.4 Å². The van der Waals surface area contributed by atoms with Gasteiger partial charge in [-0.3, -0.25) is 9.52 Å². The molecule has 2 N–H and O–H groups in total. The Morgan fingerprint density at radius 1 is 1.11 bits per heavy atom. The van der Waals surface area contributed by atoms with Gasteiger partial charge in [0.1, 0.15) is 0 Å². The number of ether oxygens (including phenoxy) is 1. The Bertz CT molecular complexity index is 941. The summed E-state index contributed by atoms with van der Waals surface area (Å²) in [5.41, 5.74) is 0.424. The van der Waals surface area contributed by atoms with Gasteiger partial charge in [-0.2, -0.15) is 0 Å². The Morgan fingerprint density at radius 2 is 1.81 bits per heavy atom. The number of hydrogen-bond donors (Lipinski definition) is 2. The molecule has 0 aliphatic heterocycles. The number of para-hydroxylation sites is 1. The molecule has 1 unspecified atom stereocenters. The summed E-state index contributed by atoms with van der Waals surface area (Å²) < 4.78 is 32.5. The average Bonchev–Trinajstić information content (AvgIpc) is 2.67. The number of methoxy groups -OCH3 is 1. The highest BCUT2D eigenvalue weighted by atomic mass is 32.2. The van der Waals surface area contributed by atoms with E-state index in [1.54, 1.807) is 18.2 Å². The van der Waals surface area contributed by atoms with Crippen molar-refractivity contribution in [3.63, 3.8) is 0 Å². The van der Waals surface area contributed by atoms with Gasteiger partial charge in [-0.15, -0.1) is 0 Å². The van der Waals surface area contributed by atoms with Gasteiger partial charge >= 0.3 is 5.97 Å². The summed E-state index contributed by atoms with van der Waals surface area (Å²) in [5, 5.41) is 2.79. The van der Waals surface area contributed by atoms with Gasteiger partial charge < -0.3 is 10.1 Å². The molecule has 0 aromatic heterocycles. The van der Waals surface area contributed by atoms with E-state index < -0.39 is 16.0 Å². The van der Waals surface area contributed by atoms with Crippen LogP contribution < -0.4 is 10.0 Å².